The average Bonchev–Trinajstić information content (AvgIpc) is 2.28. The van der Waals surface area contributed by atoms with E-state index in [-0.39, 0.29) is 11.9 Å². The van der Waals surface area contributed by atoms with Crippen LogP contribution in [0, 0.1) is 0 Å². The van der Waals surface area contributed by atoms with Gasteiger partial charge in [0.1, 0.15) is 0 Å². The lowest BCUT2D eigenvalue weighted by Crippen LogP contribution is -2.43. The second kappa shape index (κ2) is 6.91. The van der Waals surface area contributed by atoms with Crippen LogP contribution in [-0.2, 0) is 0 Å². The lowest BCUT2D eigenvalue weighted by Gasteiger charge is -2.30. The van der Waals surface area contributed by atoms with Crippen LogP contribution in [0.4, 0.5) is 5.69 Å². The number of nitrogens with two attached hydrogens (primary N) is 1. The van der Waals surface area contributed by atoms with Crippen LogP contribution in [0.15, 0.2) is 22.7 Å². The molecule has 0 spiro atoms. The summed E-state index contributed by atoms with van der Waals surface area (Å²) in [6.45, 7) is 5.54. The first-order valence-electron chi connectivity index (χ1n) is 6.37. The van der Waals surface area contributed by atoms with Crippen molar-refractivity contribution in [2.24, 2.45) is 0 Å². The zero-order chi connectivity index (χ0) is 14.6. The molecule has 2 N–H and O–H groups in total. The van der Waals surface area contributed by atoms with Gasteiger partial charge in [-0.3, -0.25) is 4.79 Å². The van der Waals surface area contributed by atoms with Crippen molar-refractivity contribution in [2.45, 2.75) is 19.9 Å². The molecule has 5 heteroatoms. The summed E-state index contributed by atoms with van der Waals surface area (Å²) in [4.78, 5) is 16.5. The minimum atomic E-state index is -0.0122. The number of halogens is 1. The maximum absolute atomic E-state index is 12.5. The molecule has 19 heavy (non-hydrogen) atoms. The van der Waals surface area contributed by atoms with E-state index in [0.29, 0.717) is 17.8 Å². The van der Waals surface area contributed by atoms with Crippen molar-refractivity contribution in [1.82, 2.24) is 9.80 Å². The molecule has 0 heterocycles. The Morgan fingerprint density at radius 3 is 2.53 bits per heavy atom. The molecule has 0 aliphatic carbocycles. The Bertz CT molecular complexity index is 448. The number of anilines is 1. The summed E-state index contributed by atoms with van der Waals surface area (Å²) in [7, 11) is 4.01. The molecule has 1 rings (SSSR count). The van der Waals surface area contributed by atoms with Crippen LogP contribution in [0.25, 0.3) is 0 Å². The fraction of sp³-hybridized carbons (Fsp3) is 0.500. The minimum absolute atomic E-state index is 0.0122. The van der Waals surface area contributed by atoms with Crippen molar-refractivity contribution in [3.8, 4) is 0 Å². The third kappa shape index (κ3) is 4.21. The van der Waals surface area contributed by atoms with E-state index in [2.05, 4.69) is 27.8 Å². The molecule has 0 aromatic heterocycles. The molecular formula is C14H22BrN3O. The van der Waals surface area contributed by atoms with Gasteiger partial charge in [-0.25, -0.2) is 0 Å². The van der Waals surface area contributed by atoms with Gasteiger partial charge in [0, 0.05) is 29.3 Å². The number of carbonyl (C=O) groups excluding carboxylic acids is 1. The number of nitrogens with zero attached hydrogens (tertiary/aromatic N) is 2. The molecule has 0 aliphatic heterocycles. The van der Waals surface area contributed by atoms with Gasteiger partial charge in [-0.1, -0.05) is 15.9 Å². The summed E-state index contributed by atoms with van der Waals surface area (Å²) in [6.07, 6.45) is 0. The van der Waals surface area contributed by atoms with Crippen LogP contribution in [0.2, 0.25) is 0 Å². The SMILES string of the molecule is CCN(C(=O)c1ccc(Br)cc1N)C(C)CN(C)C. The number of likely N-dealkylation sites (N-methyl/N-ethyl adjacent to an activating group) is 2. The molecule has 0 saturated heterocycles. The van der Waals surface area contributed by atoms with Crippen molar-refractivity contribution in [3.05, 3.63) is 28.2 Å². The Balaban J connectivity index is 2.95. The van der Waals surface area contributed by atoms with Gasteiger partial charge >= 0.3 is 0 Å². The Labute approximate surface area is 123 Å². The number of hydrogen-bond donors (Lipinski definition) is 1. The van der Waals surface area contributed by atoms with Gasteiger partial charge in [-0.15, -0.1) is 0 Å². The largest absolute Gasteiger partial charge is 0.398 e. The van der Waals surface area contributed by atoms with E-state index >= 15 is 0 Å². The molecule has 106 valence electrons. The van der Waals surface area contributed by atoms with E-state index in [1.807, 2.05) is 32.0 Å². The Hall–Kier alpha value is -1.07. The maximum atomic E-state index is 12.5. The quantitative estimate of drug-likeness (QED) is 0.845. The molecule has 0 fully saturated rings. The van der Waals surface area contributed by atoms with Crippen LogP contribution in [0.1, 0.15) is 24.2 Å². The van der Waals surface area contributed by atoms with Crippen molar-refractivity contribution in [3.63, 3.8) is 0 Å². The van der Waals surface area contributed by atoms with E-state index in [4.69, 9.17) is 5.73 Å². The number of nitrogen functional groups attached to an aromatic ring is 1. The predicted molar refractivity (Wildman–Crippen MR) is 83.3 cm³/mol. The second-order valence-electron chi connectivity index (χ2n) is 4.93. The number of hydrogen-bond acceptors (Lipinski definition) is 3. The highest BCUT2D eigenvalue weighted by atomic mass is 79.9. The van der Waals surface area contributed by atoms with E-state index < -0.39 is 0 Å². The topological polar surface area (TPSA) is 49.6 Å². The standard InChI is InChI=1S/C14H22BrN3O/c1-5-18(10(2)9-17(3)4)14(19)12-7-6-11(15)8-13(12)16/h6-8,10H,5,9,16H2,1-4H3. The Morgan fingerprint density at radius 2 is 2.05 bits per heavy atom. The van der Waals surface area contributed by atoms with Crippen molar-refractivity contribution in [2.75, 3.05) is 32.9 Å². The lowest BCUT2D eigenvalue weighted by molar-refractivity contribution is 0.0680. The van der Waals surface area contributed by atoms with Crippen LogP contribution in [0.5, 0.6) is 0 Å². The van der Waals surface area contributed by atoms with Gasteiger partial charge in [0.2, 0.25) is 0 Å². The van der Waals surface area contributed by atoms with Crippen molar-refractivity contribution in [1.29, 1.82) is 0 Å². The minimum Gasteiger partial charge on any atom is -0.398 e. The Kier molecular flexibility index (Phi) is 5.82. The maximum Gasteiger partial charge on any atom is 0.256 e. The predicted octanol–water partition coefficient (Wildman–Crippen LogP) is 2.44. The van der Waals surface area contributed by atoms with Crippen LogP contribution in [-0.4, -0.2) is 48.9 Å². The van der Waals surface area contributed by atoms with Gasteiger partial charge in [-0.2, -0.15) is 0 Å². The fourth-order valence-electron chi connectivity index (χ4n) is 2.17. The van der Waals surface area contributed by atoms with Gasteiger partial charge in [0.15, 0.2) is 0 Å². The summed E-state index contributed by atoms with van der Waals surface area (Å²) >= 11 is 3.35. The molecule has 1 atom stereocenters. The molecule has 0 saturated carbocycles. The summed E-state index contributed by atoms with van der Waals surface area (Å²) in [5.41, 5.74) is 7.00. The third-order valence-corrected chi connectivity index (χ3v) is 3.50. The molecule has 1 unspecified atom stereocenters. The first-order chi connectivity index (χ1) is 8.86. The van der Waals surface area contributed by atoms with Crippen LogP contribution in [0.3, 0.4) is 0 Å². The van der Waals surface area contributed by atoms with Gasteiger partial charge in [-0.05, 0) is 46.1 Å². The average molecular weight is 328 g/mol. The van der Waals surface area contributed by atoms with E-state index in [1.54, 1.807) is 12.1 Å². The normalized spacial score (nSPS) is 12.5. The number of benzene rings is 1. The van der Waals surface area contributed by atoms with Crippen molar-refractivity contribution >= 4 is 27.5 Å². The molecule has 4 nitrogen and oxygen atoms in total. The van der Waals surface area contributed by atoms with E-state index in [0.717, 1.165) is 11.0 Å². The lowest BCUT2D eigenvalue weighted by atomic mass is 10.1. The molecule has 1 aromatic rings. The number of rotatable bonds is 5. The van der Waals surface area contributed by atoms with Gasteiger partial charge in [0.25, 0.3) is 5.91 Å². The second-order valence-corrected chi connectivity index (χ2v) is 5.85. The fourth-order valence-corrected chi connectivity index (χ4v) is 2.54. The van der Waals surface area contributed by atoms with Gasteiger partial charge in [0.05, 0.1) is 5.56 Å². The smallest absolute Gasteiger partial charge is 0.256 e. The monoisotopic (exact) mass is 327 g/mol. The summed E-state index contributed by atoms with van der Waals surface area (Å²) in [5, 5.41) is 0. The van der Waals surface area contributed by atoms with Crippen LogP contribution >= 0.6 is 15.9 Å². The Morgan fingerprint density at radius 1 is 1.42 bits per heavy atom. The summed E-state index contributed by atoms with van der Waals surface area (Å²) < 4.78 is 0.880. The zero-order valence-electron chi connectivity index (χ0n) is 12.0. The van der Waals surface area contributed by atoms with Crippen LogP contribution < -0.4 is 5.73 Å². The molecule has 0 aliphatic rings. The first kappa shape index (κ1) is 16.0. The molecule has 0 radical (unpaired) electrons. The number of amides is 1. The van der Waals surface area contributed by atoms with E-state index in [9.17, 15) is 4.79 Å². The van der Waals surface area contributed by atoms with E-state index in [1.165, 1.54) is 0 Å². The highest BCUT2D eigenvalue weighted by Crippen LogP contribution is 2.21. The van der Waals surface area contributed by atoms with Crippen molar-refractivity contribution < 1.29 is 4.79 Å². The number of carbonyl (C=O) groups is 1. The molecule has 1 amide bonds. The summed E-state index contributed by atoms with van der Waals surface area (Å²) in [6, 6.07) is 5.52. The van der Waals surface area contributed by atoms with Gasteiger partial charge < -0.3 is 15.5 Å². The first-order valence-corrected chi connectivity index (χ1v) is 7.16. The molecule has 0 bridgehead atoms. The third-order valence-electron chi connectivity index (χ3n) is 3.01. The zero-order valence-corrected chi connectivity index (χ0v) is 13.6. The highest BCUT2D eigenvalue weighted by Gasteiger charge is 2.22. The summed E-state index contributed by atoms with van der Waals surface area (Å²) in [5.74, 6) is -0.0122. The molecular weight excluding hydrogens is 306 g/mol. The highest BCUT2D eigenvalue weighted by molar-refractivity contribution is 9.10. The molecule has 1 aromatic carbocycles.